The van der Waals surface area contributed by atoms with Gasteiger partial charge in [0.25, 0.3) is 0 Å². The second-order valence-corrected chi connectivity index (χ2v) is 6.88. The van der Waals surface area contributed by atoms with E-state index in [0.29, 0.717) is 26.1 Å². The lowest BCUT2D eigenvalue weighted by molar-refractivity contribution is 0.0437. The van der Waals surface area contributed by atoms with Gasteiger partial charge in [0.15, 0.2) is 0 Å². The van der Waals surface area contributed by atoms with E-state index in [1.807, 2.05) is 60.7 Å². The summed E-state index contributed by atoms with van der Waals surface area (Å²) in [6.45, 7) is 1.69. The maximum absolute atomic E-state index is 12.4. The number of nitrogens with zero attached hydrogens (tertiary/aromatic N) is 2. The van der Waals surface area contributed by atoms with Crippen molar-refractivity contribution in [3.8, 4) is 0 Å². The number of hydrogen-bond acceptors (Lipinski definition) is 4. The molecule has 2 aromatic rings. The molecular formula is C21H22N2O4. The first-order valence-electron chi connectivity index (χ1n) is 9.17. The standard InChI is InChI=1S/C21H22N2O4/c24-20(26-15-17-9-5-2-6-10-17)22-12-11-18-19(14-22)27-21(25)23(18)13-16-7-3-1-4-8-16/h1-10,18-19H,11-15H2/t18-,19+/m1/s1. The minimum absolute atomic E-state index is 0.00382. The van der Waals surface area contributed by atoms with Crippen molar-refractivity contribution in [2.24, 2.45) is 0 Å². The minimum Gasteiger partial charge on any atom is -0.445 e. The van der Waals surface area contributed by atoms with E-state index in [0.717, 1.165) is 11.1 Å². The molecule has 2 fully saturated rings. The molecule has 6 heteroatoms. The number of amides is 2. The average Bonchev–Trinajstić information content (AvgIpc) is 3.02. The Morgan fingerprint density at radius 3 is 2.41 bits per heavy atom. The molecule has 140 valence electrons. The first-order chi connectivity index (χ1) is 13.2. The maximum Gasteiger partial charge on any atom is 0.410 e. The highest BCUT2D eigenvalue weighted by molar-refractivity contribution is 5.72. The molecule has 2 atom stereocenters. The number of fused-ring (bicyclic) bond motifs is 1. The molecule has 0 saturated carbocycles. The zero-order valence-electron chi connectivity index (χ0n) is 15.0. The fourth-order valence-corrected chi connectivity index (χ4v) is 3.65. The lowest BCUT2D eigenvalue weighted by Gasteiger charge is -2.34. The summed E-state index contributed by atoms with van der Waals surface area (Å²) in [6.07, 6.45) is -0.300. The van der Waals surface area contributed by atoms with Crippen molar-refractivity contribution in [2.45, 2.75) is 31.7 Å². The molecule has 0 aliphatic carbocycles. The average molecular weight is 366 g/mol. The number of likely N-dealkylation sites (tertiary alicyclic amines) is 1. The van der Waals surface area contributed by atoms with E-state index in [1.54, 1.807) is 9.80 Å². The monoisotopic (exact) mass is 366 g/mol. The molecule has 0 bridgehead atoms. The van der Waals surface area contributed by atoms with Crippen molar-refractivity contribution >= 4 is 12.2 Å². The van der Waals surface area contributed by atoms with Crippen LogP contribution in [0, 0.1) is 0 Å². The van der Waals surface area contributed by atoms with Crippen molar-refractivity contribution in [1.82, 2.24) is 9.80 Å². The molecular weight excluding hydrogens is 344 g/mol. The second kappa shape index (κ2) is 7.70. The highest BCUT2D eigenvalue weighted by Crippen LogP contribution is 2.29. The highest BCUT2D eigenvalue weighted by Gasteiger charge is 2.45. The Hall–Kier alpha value is -3.02. The van der Waals surface area contributed by atoms with Crippen molar-refractivity contribution in [1.29, 1.82) is 0 Å². The van der Waals surface area contributed by atoms with Crippen LogP contribution in [-0.4, -0.2) is 47.2 Å². The Labute approximate surface area is 158 Å². The Balaban J connectivity index is 1.34. The summed E-state index contributed by atoms with van der Waals surface area (Å²) in [7, 11) is 0. The van der Waals surface area contributed by atoms with E-state index in [9.17, 15) is 9.59 Å². The Morgan fingerprint density at radius 2 is 1.70 bits per heavy atom. The predicted octanol–water partition coefficient (Wildman–Crippen LogP) is 3.42. The highest BCUT2D eigenvalue weighted by atomic mass is 16.6. The summed E-state index contributed by atoms with van der Waals surface area (Å²) < 4.78 is 10.9. The normalized spacial score (nSPS) is 21.6. The van der Waals surface area contributed by atoms with Crippen LogP contribution >= 0.6 is 0 Å². The van der Waals surface area contributed by atoms with Crippen LogP contribution in [0.3, 0.4) is 0 Å². The van der Waals surface area contributed by atoms with Gasteiger partial charge in [0.05, 0.1) is 12.6 Å². The first kappa shape index (κ1) is 17.4. The van der Waals surface area contributed by atoms with Crippen LogP contribution in [-0.2, 0) is 22.6 Å². The van der Waals surface area contributed by atoms with Gasteiger partial charge in [-0.05, 0) is 17.5 Å². The molecule has 4 rings (SSSR count). The predicted molar refractivity (Wildman–Crippen MR) is 98.9 cm³/mol. The van der Waals surface area contributed by atoms with Crippen LogP contribution in [0.4, 0.5) is 9.59 Å². The van der Waals surface area contributed by atoms with Gasteiger partial charge in [0.1, 0.15) is 12.7 Å². The summed E-state index contributed by atoms with van der Waals surface area (Å²) in [5.74, 6) is 0. The topological polar surface area (TPSA) is 59.1 Å². The quantitative estimate of drug-likeness (QED) is 0.832. The van der Waals surface area contributed by atoms with Crippen molar-refractivity contribution in [3.63, 3.8) is 0 Å². The molecule has 0 radical (unpaired) electrons. The number of benzene rings is 2. The van der Waals surface area contributed by atoms with E-state index in [-0.39, 0.29) is 30.9 Å². The number of rotatable bonds is 4. The Bertz CT molecular complexity index is 796. The molecule has 2 amide bonds. The van der Waals surface area contributed by atoms with Gasteiger partial charge in [0, 0.05) is 13.1 Å². The van der Waals surface area contributed by atoms with Crippen LogP contribution in [0.15, 0.2) is 60.7 Å². The molecule has 0 spiro atoms. The molecule has 2 aromatic carbocycles. The summed E-state index contributed by atoms with van der Waals surface area (Å²) in [4.78, 5) is 28.1. The first-order valence-corrected chi connectivity index (χ1v) is 9.17. The molecule has 2 heterocycles. The van der Waals surface area contributed by atoms with Gasteiger partial charge in [-0.15, -0.1) is 0 Å². The van der Waals surface area contributed by atoms with Crippen LogP contribution in [0.5, 0.6) is 0 Å². The zero-order chi connectivity index (χ0) is 18.6. The third-order valence-electron chi connectivity index (χ3n) is 5.07. The SMILES string of the molecule is O=C(OCc1ccccc1)N1CC[C@@H]2[C@H](C1)OC(=O)N2Cc1ccccc1. The summed E-state index contributed by atoms with van der Waals surface area (Å²) >= 11 is 0. The molecule has 0 unspecified atom stereocenters. The third kappa shape index (κ3) is 3.89. The third-order valence-corrected chi connectivity index (χ3v) is 5.07. The van der Waals surface area contributed by atoms with Crippen LogP contribution in [0.25, 0.3) is 0 Å². The van der Waals surface area contributed by atoms with E-state index in [4.69, 9.17) is 9.47 Å². The van der Waals surface area contributed by atoms with Crippen LogP contribution in [0.1, 0.15) is 17.5 Å². The lowest BCUT2D eigenvalue weighted by Crippen LogP contribution is -2.51. The molecule has 2 aliphatic rings. The van der Waals surface area contributed by atoms with Gasteiger partial charge < -0.3 is 14.4 Å². The Kier molecular flexibility index (Phi) is 4.96. The van der Waals surface area contributed by atoms with Gasteiger partial charge >= 0.3 is 12.2 Å². The number of piperidine rings is 1. The van der Waals surface area contributed by atoms with E-state index in [1.165, 1.54) is 0 Å². The fraction of sp³-hybridized carbons (Fsp3) is 0.333. The largest absolute Gasteiger partial charge is 0.445 e. The van der Waals surface area contributed by atoms with E-state index in [2.05, 4.69) is 0 Å². The smallest absolute Gasteiger partial charge is 0.410 e. The van der Waals surface area contributed by atoms with Crippen molar-refractivity contribution in [3.05, 3.63) is 71.8 Å². The van der Waals surface area contributed by atoms with Gasteiger partial charge in [-0.1, -0.05) is 60.7 Å². The molecule has 6 nitrogen and oxygen atoms in total. The molecule has 27 heavy (non-hydrogen) atoms. The fourth-order valence-electron chi connectivity index (χ4n) is 3.65. The van der Waals surface area contributed by atoms with Crippen molar-refractivity contribution in [2.75, 3.05) is 13.1 Å². The number of hydrogen-bond donors (Lipinski definition) is 0. The van der Waals surface area contributed by atoms with Gasteiger partial charge in [-0.3, -0.25) is 4.90 Å². The molecule has 0 N–H and O–H groups in total. The minimum atomic E-state index is -0.366. The molecule has 2 saturated heterocycles. The van der Waals surface area contributed by atoms with Crippen LogP contribution in [0.2, 0.25) is 0 Å². The second-order valence-electron chi connectivity index (χ2n) is 6.88. The molecule has 0 aromatic heterocycles. The summed E-state index contributed by atoms with van der Waals surface area (Å²) in [6, 6.07) is 19.4. The van der Waals surface area contributed by atoms with Crippen LogP contribution < -0.4 is 0 Å². The van der Waals surface area contributed by atoms with Gasteiger partial charge in [-0.2, -0.15) is 0 Å². The summed E-state index contributed by atoms with van der Waals surface area (Å²) in [5.41, 5.74) is 2.02. The molecule has 2 aliphatic heterocycles. The summed E-state index contributed by atoms with van der Waals surface area (Å²) in [5, 5.41) is 0. The van der Waals surface area contributed by atoms with Gasteiger partial charge in [-0.25, -0.2) is 9.59 Å². The number of ether oxygens (including phenoxy) is 2. The van der Waals surface area contributed by atoms with Crippen molar-refractivity contribution < 1.29 is 19.1 Å². The lowest BCUT2D eigenvalue weighted by atomic mass is 10.0. The Morgan fingerprint density at radius 1 is 1.04 bits per heavy atom. The number of carbonyl (C=O) groups excluding carboxylic acids is 2. The maximum atomic E-state index is 12.4. The van der Waals surface area contributed by atoms with E-state index < -0.39 is 0 Å². The number of carbonyl (C=O) groups is 2. The van der Waals surface area contributed by atoms with E-state index >= 15 is 0 Å². The zero-order valence-corrected chi connectivity index (χ0v) is 15.0. The van der Waals surface area contributed by atoms with Gasteiger partial charge in [0.2, 0.25) is 0 Å².